The molecule has 0 atom stereocenters. The molecule has 2 nitrogen and oxygen atoms in total. The van der Waals surface area contributed by atoms with Crippen LogP contribution in [0.1, 0.15) is 25.7 Å². The molecule has 3 heteroatoms. The Hall–Kier alpha value is -1.38. The molecule has 0 fully saturated rings. The summed E-state index contributed by atoms with van der Waals surface area (Å²) in [6.45, 7) is -0.289. The lowest BCUT2D eigenvalue weighted by molar-refractivity contribution is -0.118. The molecule has 1 rings (SSSR count). The highest BCUT2D eigenvalue weighted by atomic mass is 19.1. The van der Waals surface area contributed by atoms with Gasteiger partial charge < -0.3 is 4.90 Å². The third-order valence-corrected chi connectivity index (χ3v) is 2.54. The molecule has 0 saturated heterocycles. The number of hydrogen-bond donors (Lipinski definition) is 0. The lowest BCUT2D eigenvalue weighted by atomic mass is 10.2. The van der Waals surface area contributed by atoms with E-state index in [2.05, 4.69) is 0 Å². The van der Waals surface area contributed by atoms with Crippen molar-refractivity contribution in [2.24, 2.45) is 0 Å². The first-order chi connectivity index (χ1) is 7.75. The summed E-state index contributed by atoms with van der Waals surface area (Å²) in [5, 5.41) is 0. The average molecular weight is 223 g/mol. The summed E-state index contributed by atoms with van der Waals surface area (Å²) in [5.74, 6) is 0.0880. The third kappa shape index (κ3) is 4.01. The lowest BCUT2D eigenvalue weighted by Crippen LogP contribution is -2.25. The van der Waals surface area contributed by atoms with Crippen LogP contribution >= 0.6 is 0 Å². The molecule has 16 heavy (non-hydrogen) atoms. The molecule has 1 aromatic rings. The van der Waals surface area contributed by atoms with Crippen molar-refractivity contribution in [3.8, 4) is 0 Å². The quantitative estimate of drug-likeness (QED) is 0.678. The van der Waals surface area contributed by atoms with Crippen LogP contribution in [0, 0.1) is 0 Å². The van der Waals surface area contributed by atoms with Gasteiger partial charge in [-0.3, -0.25) is 9.18 Å². The van der Waals surface area contributed by atoms with Crippen LogP contribution in [0.25, 0.3) is 0 Å². The highest BCUT2D eigenvalue weighted by Gasteiger charge is 2.09. The Morgan fingerprint density at radius 2 is 1.88 bits per heavy atom. The minimum atomic E-state index is -0.289. The largest absolute Gasteiger partial charge is 0.316 e. The van der Waals surface area contributed by atoms with E-state index in [0.29, 0.717) is 12.8 Å². The molecule has 0 radical (unpaired) electrons. The number of rotatable bonds is 6. The smallest absolute Gasteiger partial charge is 0.226 e. The Labute approximate surface area is 96.1 Å². The molecule has 0 unspecified atom stereocenters. The van der Waals surface area contributed by atoms with E-state index in [1.807, 2.05) is 30.3 Å². The van der Waals surface area contributed by atoms with Gasteiger partial charge in [-0.2, -0.15) is 0 Å². The van der Waals surface area contributed by atoms with Crippen LogP contribution in [0.4, 0.5) is 10.1 Å². The van der Waals surface area contributed by atoms with Crippen molar-refractivity contribution in [1.29, 1.82) is 0 Å². The second-order valence-corrected chi connectivity index (χ2v) is 3.79. The molecule has 0 aliphatic heterocycles. The van der Waals surface area contributed by atoms with Crippen molar-refractivity contribution in [1.82, 2.24) is 0 Å². The molecule has 0 spiro atoms. The second kappa shape index (κ2) is 6.99. The topological polar surface area (TPSA) is 20.3 Å². The molecule has 0 aliphatic rings. The van der Waals surface area contributed by atoms with Crippen molar-refractivity contribution < 1.29 is 9.18 Å². The van der Waals surface area contributed by atoms with E-state index in [4.69, 9.17) is 0 Å². The van der Waals surface area contributed by atoms with Gasteiger partial charge in [0.15, 0.2) is 0 Å². The highest BCUT2D eigenvalue weighted by molar-refractivity contribution is 5.92. The molecule has 1 amide bonds. The first-order valence-electron chi connectivity index (χ1n) is 5.63. The zero-order valence-corrected chi connectivity index (χ0v) is 9.66. The number of para-hydroxylation sites is 1. The molecular weight excluding hydrogens is 205 g/mol. The summed E-state index contributed by atoms with van der Waals surface area (Å²) in [4.78, 5) is 13.4. The summed E-state index contributed by atoms with van der Waals surface area (Å²) >= 11 is 0. The first kappa shape index (κ1) is 12.7. The van der Waals surface area contributed by atoms with E-state index in [-0.39, 0.29) is 12.6 Å². The van der Waals surface area contributed by atoms with Gasteiger partial charge in [0.1, 0.15) is 0 Å². The monoisotopic (exact) mass is 223 g/mol. The van der Waals surface area contributed by atoms with Gasteiger partial charge in [-0.05, 0) is 25.0 Å². The Morgan fingerprint density at radius 3 is 2.50 bits per heavy atom. The minimum Gasteiger partial charge on any atom is -0.316 e. The maximum absolute atomic E-state index is 11.8. The van der Waals surface area contributed by atoms with Crippen LogP contribution < -0.4 is 4.90 Å². The van der Waals surface area contributed by atoms with E-state index in [9.17, 15) is 9.18 Å². The molecule has 0 aliphatic carbocycles. The van der Waals surface area contributed by atoms with E-state index in [1.54, 1.807) is 11.9 Å². The fraction of sp³-hybridized carbons (Fsp3) is 0.462. The number of halogens is 1. The molecular formula is C13H18FNO. The van der Waals surface area contributed by atoms with Crippen LogP contribution in [0.2, 0.25) is 0 Å². The van der Waals surface area contributed by atoms with Crippen LogP contribution in [-0.4, -0.2) is 19.6 Å². The zero-order valence-electron chi connectivity index (χ0n) is 9.66. The van der Waals surface area contributed by atoms with Gasteiger partial charge in [0.25, 0.3) is 0 Å². The standard InChI is InChI=1S/C13H18FNO/c1-15(12-8-4-2-5-9-12)13(16)10-6-3-7-11-14/h2,4-5,8-9H,3,6-7,10-11H2,1H3. The number of benzene rings is 1. The van der Waals surface area contributed by atoms with Gasteiger partial charge in [0.2, 0.25) is 5.91 Å². The zero-order chi connectivity index (χ0) is 11.8. The second-order valence-electron chi connectivity index (χ2n) is 3.79. The maximum atomic E-state index is 11.8. The fourth-order valence-electron chi connectivity index (χ4n) is 1.51. The van der Waals surface area contributed by atoms with Gasteiger partial charge in [-0.25, -0.2) is 0 Å². The molecule has 0 bridgehead atoms. The predicted octanol–water partition coefficient (Wildman–Crippen LogP) is 3.18. The number of hydrogen-bond acceptors (Lipinski definition) is 1. The molecule has 1 aromatic carbocycles. The Balaban J connectivity index is 2.37. The van der Waals surface area contributed by atoms with E-state index in [1.165, 1.54) is 0 Å². The summed E-state index contributed by atoms with van der Waals surface area (Å²) in [6, 6.07) is 9.53. The van der Waals surface area contributed by atoms with E-state index in [0.717, 1.165) is 18.5 Å². The van der Waals surface area contributed by atoms with E-state index >= 15 is 0 Å². The highest BCUT2D eigenvalue weighted by Crippen LogP contribution is 2.13. The molecule has 0 N–H and O–H groups in total. The Kier molecular flexibility index (Phi) is 5.54. The van der Waals surface area contributed by atoms with Crippen LogP contribution in [-0.2, 0) is 4.79 Å². The minimum absolute atomic E-state index is 0.0880. The summed E-state index contributed by atoms with van der Waals surface area (Å²) in [5.41, 5.74) is 0.901. The van der Waals surface area contributed by atoms with Crippen LogP contribution in [0.5, 0.6) is 0 Å². The fourth-order valence-corrected chi connectivity index (χ4v) is 1.51. The van der Waals surface area contributed by atoms with Gasteiger partial charge in [0.05, 0.1) is 6.67 Å². The number of carbonyl (C=O) groups is 1. The average Bonchev–Trinajstić information content (AvgIpc) is 2.34. The number of nitrogens with zero attached hydrogens (tertiary/aromatic N) is 1. The van der Waals surface area contributed by atoms with Crippen molar-refractivity contribution in [3.05, 3.63) is 30.3 Å². The van der Waals surface area contributed by atoms with Crippen molar-refractivity contribution in [2.75, 3.05) is 18.6 Å². The van der Waals surface area contributed by atoms with Gasteiger partial charge in [-0.1, -0.05) is 24.6 Å². The predicted molar refractivity (Wildman–Crippen MR) is 64.3 cm³/mol. The van der Waals surface area contributed by atoms with Crippen molar-refractivity contribution in [3.63, 3.8) is 0 Å². The maximum Gasteiger partial charge on any atom is 0.226 e. The van der Waals surface area contributed by atoms with Crippen LogP contribution in [0.3, 0.4) is 0 Å². The molecule has 0 saturated carbocycles. The SMILES string of the molecule is CN(C(=O)CCCCCF)c1ccccc1. The Bertz CT molecular complexity index is 313. The molecule has 88 valence electrons. The van der Waals surface area contributed by atoms with Gasteiger partial charge in [-0.15, -0.1) is 0 Å². The van der Waals surface area contributed by atoms with Gasteiger partial charge >= 0.3 is 0 Å². The first-order valence-corrected chi connectivity index (χ1v) is 5.63. The lowest BCUT2D eigenvalue weighted by Gasteiger charge is -2.16. The number of unbranched alkanes of at least 4 members (excludes halogenated alkanes) is 2. The number of amides is 1. The summed E-state index contributed by atoms with van der Waals surface area (Å²) in [6.07, 6.45) is 2.60. The molecule has 0 heterocycles. The van der Waals surface area contributed by atoms with E-state index < -0.39 is 0 Å². The molecule has 0 aromatic heterocycles. The summed E-state index contributed by atoms with van der Waals surface area (Å²) in [7, 11) is 1.77. The normalized spacial score (nSPS) is 10.1. The van der Waals surface area contributed by atoms with Crippen molar-refractivity contribution >= 4 is 11.6 Å². The van der Waals surface area contributed by atoms with Gasteiger partial charge in [0, 0.05) is 19.2 Å². The number of carbonyl (C=O) groups excluding carboxylic acids is 1. The summed E-state index contributed by atoms with van der Waals surface area (Å²) < 4.78 is 11.8. The van der Waals surface area contributed by atoms with Crippen molar-refractivity contribution in [2.45, 2.75) is 25.7 Å². The number of anilines is 1. The van der Waals surface area contributed by atoms with Crippen LogP contribution in [0.15, 0.2) is 30.3 Å². The third-order valence-electron chi connectivity index (χ3n) is 2.54. The number of alkyl halides is 1. The Morgan fingerprint density at radius 1 is 1.19 bits per heavy atom.